The first-order valence-electron chi connectivity index (χ1n) is 4.65. The quantitative estimate of drug-likeness (QED) is 0.448. The van der Waals surface area contributed by atoms with Gasteiger partial charge in [-0.05, 0) is 31.2 Å². The molecule has 0 aliphatic heterocycles. The van der Waals surface area contributed by atoms with Crippen molar-refractivity contribution in [2.75, 3.05) is 6.26 Å². The minimum atomic E-state index is -0.608. The molecular weight excluding hydrogens is 213 g/mol. The normalized spacial score (nSPS) is 16.9. The summed E-state index contributed by atoms with van der Waals surface area (Å²) in [6, 6.07) is 5.05. The van der Waals surface area contributed by atoms with Gasteiger partial charge in [-0.2, -0.15) is 4.99 Å². The van der Waals surface area contributed by atoms with Gasteiger partial charge in [0.15, 0.2) is 0 Å². The molecule has 78 valence electrons. The monoisotopic (exact) mass is 223 g/mol. The fraction of sp³-hybridized carbons (Fsp3) is 0.364. The molecule has 15 heavy (non-hydrogen) atoms. The number of isocyanates is 1. The van der Waals surface area contributed by atoms with Gasteiger partial charge in [-0.15, -0.1) is 11.8 Å². The number of halogens is 1. The summed E-state index contributed by atoms with van der Waals surface area (Å²) in [4.78, 5) is 14.8. The first kappa shape index (κ1) is 10.4. The minimum Gasteiger partial charge on any atom is -0.211 e. The highest BCUT2D eigenvalue weighted by Gasteiger charge is 2.46. The van der Waals surface area contributed by atoms with E-state index < -0.39 is 5.54 Å². The van der Waals surface area contributed by atoms with Crippen molar-refractivity contribution in [2.45, 2.75) is 23.3 Å². The van der Waals surface area contributed by atoms with E-state index in [0.717, 1.165) is 17.7 Å². The van der Waals surface area contributed by atoms with Gasteiger partial charge in [0.25, 0.3) is 0 Å². The summed E-state index contributed by atoms with van der Waals surface area (Å²) in [5.41, 5.74) is -0.0911. The van der Waals surface area contributed by atoms with Crippen LogP contribution < -0.4 is 0 Å². The van der Waals surface area contributed by atoms with Crippen LogP contribution in [0, 0.1) is 5.82 Å². The highest BCUT2D eigenvalue weighted by Crippen LogP contribution is 2.50. The van der Waals surface area contributed by atoms with Crippen LogP contribution in [-0.4, -0.2) is 12.3 Å². The number of hydrogen-bond acceptors (Lipinski definition) is 3. The third-order valence-electron chi connectivity index (χ3n) is 2.66. The molecule has 1 aliphatic rings. The molecule has 0 N–H and O–H groups in total. The number of rotatable bonds is 3. The Labute approximate surface area is 91.6 Å². The van der Waals surface area contributed by atoms with Gasteiger partial charge in [0.1, 0.15) is 11.4 Å². The zero-order valence-electron chi connectivity index (χ0n) is 8.29. The van der Waals surface area contributed by atoms with Crippen LogP contribution in [0.5, 0.6) is 0 Å². The number of nitrogens with zero attached hydrogens (tertiary/aromatic N) is 1. The van der Waals surface area contributed by atoms with Gasteiger partial charge in [-0.3, -0.25) is 0 Å². The lowest BCUT2D eigenvalue weighted by molar-refractivity contribution is 0.547. The van der Waals surface area contributed by atoms with Crippen LogP contribution in [0.15, 0.2) is 28.1 Å². The maximum absolute atomic E-state index is 13.7. The third-order valence-corrected chi connectivity index (χ3v) is 3.39. The topological polar surface area (TPSA) is 29.4 Å². The maximum atomic E-state index is 13.7. The van der Waals surface area contributed by atoms with Crippen molar-refractivity contribution in [1.82, 2.24) is 0 Å². The Morgan fingerprint density at radius 2 is 2.27 bits per heavy atom. The second kappa shape index (κ2) is 3.80. The first-order valence-corrected chi connectivity index (χ1v) is 5.87. The Balaban J connectivity index is 2.41. The van der Waals surface area contributed by atoms with Crippen LogP contribution in [0.2, 0.25) is 0 Å². The van der Waals surface area contributed by atoms with E-state index in [1.165, 1.54) is 23.9 Å². The molecule has 0 saturated heterocycles. The molecule has 0 atom stereocenters. The van der Waals surface area contributed by atoms with Crippen molar-refractivity contribution in [2.24, 2.45) is 4.99 Å². The first-order chi connectivity index (χ1) is 7.22. The lowest BCUT2D eigenvalue weighted by atomic mass is 10.1. The predicted molar refractivity (Wildman–Crippen MR) is 57.2 cm³/mol. The molecule has 1 aliphatic carbocycles. The minimum absolute atomic E-state index is 0.279. The molecule has 0 spiro atoms. The molecule has 2 rings (SSSR count). The van der Waals surface area contributed by atoms with Crippen molar-refractivity contribution < 1.29 is 9.18 Å². The van der Waals surface area contributed by atoms with Gasteiger partial charge in [0.05, 0.1) is 0 Å². The van der Waals surface area contributed by atoms with Gasteiger partial charge in [-0.1, -0.05) is 6.07 Å². The molecule has 4 heteroatoms. The number of hydrogen-bond donors (Lipinski definition) is 0. The highest BCUT2D eigenvalue weighted by atomic mass is 32.2. The summed E-state index contributed by atoms with van der Waals surface area (Å²) >= 11 is 1.49. The Hall–Kier alpha value is -1.12. The second-order valence-electron chi connectivity index (χ2n) is 3.58. The molecular formula is C11H10FNOS. The average Bonchev–Trinajstić information content (AvgIpc) is 2.99. The van der Waals surface area contributed by atoms with Gasteiger partial charge < -0.3 is 0 Å². The van der Waals surface area contributed by atoms with Crippen molar-refractivity contribution in [3.63, 3.8) is 0 Å². The molecule has 1 fully saturated rings. The van der Waals surface area contributed by atoms with E-state index in [0.29, 0.717) is 5.56 Å². The van der Waals surface area contributed by atoms with Gasteiger partial charge in [0.2, 0.25) is 6.08 Å². The average molecular weight is 223 g/mol. The summed E-state index contributed by atoms with van der Waals surface area (Å²) in [5.74, 6) is -0.279. The molecule has 1 aromatic rings. The molecule has 0 unspecified atom stereocenters. The second-order valence-corrected chi connectivity index (χ2v) is 4.46. The number of benzene rings is 1. The Morgan fingerprint density at radius 3 is 2.73 bits per heavy atom. The summed E-state index contributed by atoms with van der Waals surface area (Å²) < 4.78 is 13.7. The molecule has 0 amide bonds. The third kappa shape index (κ3) is 1.83. The number of carbonyl (C=O) groups excluding carboxylic acids is 1. The molecule has 0 radical (unpaired) electrons. The standard InChI is InChI=1S/C11H10FNOS/c1-15-8-2-3-9(10(12)6-8)11(4-5-11)13-7-14/h2-3,6H,4-5H2,1H3. The van der Waals surface area contributed by atoms with Gasteiger partial charge in [-0.25, -0.2) is 9.18 Å². The fourth-order valence-corrected chi connectivity index (χ4v) is 2.07. The Kier molecular flexibility index (Phi) is 2.63. The zero-order chi connectivity index (χ0) is 10.9. The van der Waals surface area contributed by atoms with Crippen LogP contribution in [0.4, 0.5) is 4.39 Å². The van der Waals surface area contributed by atoms with Crippen LogP contribution in [-0.2, 0) is 10.3 Å². The van der Waals surface area contributed by atoms with E-state index in [4.69, 9.17) is 0 Å². The van der Waals surface area contributed by atoms with Crippen LogP contribution in [0.25, 0.3) is 0 Å². The molecule has 0 heterocycles. The molecule has 1 saturated carbocycles. The molecule has 1 aromatic carbocycles. The lowest BCUT2D eigenvalue weighted by Crippen LogP contribution is -2.05. The largest absolute Gasteiger partial charge is 0.235 e. The van der Waals surface area contributed by atoms with Gasteiger partial charge >= 0.3 is 0 Å². The van der Waals surface area contributed by atoms with Crippen molar-refractivity contribution >= 4 is 17.8 Å². The van der Waals surface area contributed by atoms with E-state index in [-0.39, 0.29) is 5.82 Å². The summed E-state index contributed by atoms with van der Waals surface area (Å²) in [6.07, 6.45) is 4.89. The van der Waals surface area contributed by atoms with Gasteiger partial charge in [0, 0.05) is 10.5 Å². The smallest absolute Gasteiger partial charge is 0.211 e. The van der Waals surface area contributed by atoms with E-state index in [9.17, 15) is 9.18 Å². The van der Waals surface area contributed by atoms with Crippen molar-refractivity contribution in [3.05, 3.63) is 29.6 Å². The Bertz CT molecular complexity index is 436. The molecule has 0 bridgehead atoms. The van der Waals surface area contributed by atoms with Crippen LogP contribution in [0.3, 0.4) is 0 Å². The van der Waals surface area contributed by atoms with Crippen LogP contribution in [0.1, 0.15) is 18.4 Å². The Morgan fingerprint density at radius 1 is 1.53 bits per heavy atom. The van der Waals surface area contributed by atoms with E-state index in [1.54, 1.807) is 6.07 Å². The summed E-state index contributed by atoms with van der Waals surface area (Å²) in [7, 11) is 0. The number of aliphatic imine (C=N–C) groups is 1. The maximum Gasteiger partial charge on any atom is 0.235 e. The van der Waals surface area contributed by atoms with E-state index in [1.807, 2.05) is 12.3 Å². The summed E-state index contributed by atoms with van der Waals surface area (Å²) in [5, 5.41) is 0. The molecule has 2 nitrogen and oxygen atoms in total. The zero-order valence-corrected chi connectivity index (χ0v) is 9.10. The van der Waals surface area contributed by atoms with E-state index in [2.05, 4.69) is 4.99 Å². The number of thioether (sulfide) groups is 1. The van der Waals surface area contributed by atoms with Crippen LogP contribution >= 0.6 is 11.8 Å². The highest BCUT2D eigenvalue weighted by molar-refractivity contribution is 7.98. The van der Waals surface area contributed by atoms with E-state index >= 15 is 0 Å². The summed E-state index contributed by atoms with van der Waals surface area (Å²) in [6.45, 7) is 0. The van der Waals surface area contributed by atoms with Crippen molar-refractivity contribution in [1.29, 1.82) is 0 Å². The molecule has 0 aromatic heterocycles. The lowest BCUT2D eigenvalue weighted by Gasteiger charge is -2.09. The predicted octanol–water partition coefficient (Wildman–Crippen LogP) is 2.87. The fourth-order valence-electron chi connectivity index (χ4n) is 1.65. The SMILES string of the molecule is CSc1ccc(C2(N=C=O)CC2)c(F)c1. The van der Waals surface area contributed by atoms with Crippen molar-refractivity contribution in [3.8, 4) is 0 Å².